The molecular formula is C16H24ClN3O. The standard InChI is InChI=1S/C16H24ClN3O/c1-4-8-18-15-9-13(14(17)10-19-15)16(21)20-11(3)6-7-12(20)5-2/h9-12H,4-8H2,1-3H3,(H,18,19). The Bertz CT molecular complexity index is 506. The number of halogens is 1. The molecule has 0 spiro atoms. The number of anilines is 1. The van der Waals surface area contributed by atoms with E-state index in [2.05, 4.69) is 31.1 Å². The normalized spacial score (nSPS) is 21.6. The van der Waals surface area contributed by atoms with Crippen LogP contribution in [0.4, 0.5) is 5.82 Å². The number of pyridine rings is 1. The zero-order valence-electron chi connectivity index (χ0n) is 13.0. The summed E-state index contributed by atoms with van der Waals surface area (Å²) in [5, 5.41) is 3.63. The fourth-order valence-corrected chi connectivity index (χ4v) is 3.11. The predicted molar refractivity (Wildman–Crippen MR) is 87.0 cm³/mol. The van der Waals surface area contributed by atoms with Crippen LogP contribution in [0, 0.1) is 0 Å². The Balaban J connectivity index is 2.25. The van der Waals surface area contributed by atoms with Crippen LogP contribution in [0.5, 0.6) is 0 Å². The molecule has 2 unspecified atom stereocenters. The molecule has 1 saturated heterocycles. The molecule has 0 bridgehead atoms. The molecule has 0 aromatic carbocycles. The second kappa shape index (κ2) is 7.12. The zero-order chi connectivity index (χ0) is 15.4. The number of nitrogens with one attached hydrogen (secondary N) is 1. The topological polar surface area (TPSA) is 45.2 Å². The fraction of sp³-hybridized carbons (Fsp3) is 0.625. The molecule has 1 aliphatic heterocycles. The first-order chi connectivity index (χ1) is 10.1. The van der Waals surface area contributed by atoms with Crippen LogP contribution < -0.4 is 5.32 Å². The van der Waals surface area contributed by atoms with E-state index in [9.17, 15) is 4.79 Å². The van der Waals surface area contributed by atoms with Crippen LogP contribution in [0.25, 0.3) is 0 Å². The summed E-state index contributed by atoms with van der Waals surface area (Å²) >= 11 is 6.20. The van der Waals surface area contributed by atoms with Crippen molar-refractivity contribution in [3.05, 3.63) is 22.8 Å². The molecule has 2 heterocycles. The highest BCUT2D eigenvalue weighted by atomic mass is 35.5. The maximum absolute atomic E-state index is 12.9. The largest absolute Gasteiger partial charge is 0.370 e. The van der Waals surface area contributed by atoms with E-state index in [1.54, 1.807) is 12.3 Å². The van der Waals surface area contributed by atoms with Crippen LogP contribution in [-0.2, 0) is 0 Å². The summed E-state index contributed by atoms with van der Waals surface area (Å²) in [4.78, 5) is 19.1. The van der Waals surface area contributed by atoms with Crippen molar-refractivity contribution in [1.29, 1.82) is 0 Å². The van der Waals surface area contributed by atoms with Crippen LogP contribution in [0.3, 0.4) is 0 Å². The van der Waals surface area contributed by atoms with Crippen molar-refractivity contribution >= 4 is 23.3 Å². The van der Waals surface area contributed by atoms with Crippen molar-refractivity contribution in [3.63, 3.8) is 0 Å². The van der Waals surface area contributed by atoms with Crippen LogP contribution in [0.15, 0.2) is 12.3 Å². The molecular weight excluding hydrogens is 286 g/mol. The van der Waals surface area contributed by atoms with Crippen molar-refractivity contribution in [2.75, 3.05) is 11.9 Å². The Morgan fingerprint density at radius 2 is 2.24 bits per heavy atom. The molecule has 1 fully saturated rings. The molecule has 1 N–H and O–H groups in total. The summed E-state index contributed by atoms with van der Waals surface area (Å²) in [7, 11) is 0. The van der Waals surface area contributed by atoms with Crippen molar-refractivity contribution in [2.45, 2.75) is 58.5 Å². The van der Waals surface area contributed by atoms with E-state index in [-0.39, 0.29) is 11.9 Å². The SMILES string of the molecule is CCCNc1cc(C(=O)N2C(C)CCC2CC)c(Cl)cn1. The molecule has 0 aliphatic carbocycles. The number of rotatable bonds is 5. The summed E-state index contributed by atoms with van der Waals surface area (Å²) < 4.78 is 0. The van der Waals surface area contributed by atoms with E-state index in [0.717, 1.165) is 32.2 Å². The van der Waals surface area contributed by atoms with Gasteiger partial charge in [0.25, 0.3) is 5.91 Å². The predicted octanol–water partition coefficient (Wildman–Crippen LogP) is 3.96. The van der Waals surface area contributed by atoms with E-state index in [0.29, 0.717) is 22.4 Å². The number of aromatic nitrogens is 1. The third-order valence-electron chi connectivity index (χ3n) is 4.13. The number of hydrogen-bond acceptors (Lipinski definition) is 3. The number of nitrogens with zero attached hydrogens (tertiary/aromatic N) is 2. The lowest BCUT2D eigenvalue weighted by molar-refractivity contribution is 0.0676. The molecule has 1 aliphatic rings. The summed E-state index contributed by atoms with van der Waals surface area (Å²) in [6.07, 6.45) is 5.70. The first-order valence-electron chi connectivity index (χ1n) is 7.80. The molecule has 1 aromatic heterocycles. The van der Waals surface area contributed by atoms with Crippen LogP contribution >= 0.6 is 11.6 Å². The van der Waals surface area contributed by atoms with Crippen LogP contribution in [0.1, 0.15) is 56.8 Å². The Morgan fingerprint density at radius 3 is 2.90 bits per heavy atom. The van der Waals surface area contributed by atoms with Crippen LogP contribution in [0.2, 0.25) is 5.02 Å². The summed E-state index contributed by atoms with van der Waals surface area (Å²) in [5.41, 5.74) is 0.553. The lowest BCUT2D eigenvalue weighted by Crippen LogP contribution is -2.39. The second-order valence-corrected chi connectivity index (χ2v) is 6.08. The second-order valence-electron chi connectivity index (χ2n) is 5.68. The number of carbonyl (C=O) groups excluding carboxylic acids is 1. The van der Waals surface area contributed by atoms with Crippen molar-refractivity contribution < 1.29 is 4.79 Å². The smallest absolute Gasteiger partial charge is 0.256 e. The quantitative estimate of drug-likeness (QED) is 0.895. The maximum Gasteiger partial charge on any atom is 0.256 e. The van der Waals surface area contributed by atoms with E-state index in [4.69, 9.17) is 11.6 Å². The summed E-state index contributed by atoms with van der Waals surface area (Å²) in [5.74, 6) is 0.739. The molecule has 116 valence electrons. The highest BCUT2D eigenvalue weighted by Gasteiger charge is 2.34. The monoisotopic (exact) mass is 309 g/mol. The molecule has 1 aromatic rings. The van der Waals surface area contributed by atoms with E-state index >= 15 is 0 Å². The van der Waals surface area contributed by atoms with Crippen molar-refractivity contribution in [3.8, 4) is 0 Å². The number of amides is 1. The maximum atomic E-state index is 12.9. The molecule has 1 amide bonds. The first-order valence-corrected chi connectivity index (χ1v) is 8.18. The van der Waals surface area contributed by atoms with Gasteiger partial charge in [-0.05, 0) is 38.7 Å². The van der Waals surface area contributed by atoms with Crippen molar-refractivity contribution in [2.24, 2.45) is 0 Å². The summed E-state index contributed by atoms with van der Waals surface area (Å²) in [6, 6.07) is 2.38. The van der Waals surface area contributed by atoms with Gasteiger partial charge in [-0.25, -0.2) is 4.98 Å². The Morgan fingerprint density at radius 1 is 1.48 bits per heavy atom. The minimum absolute atomic E-state index is 0.0267. The minimum atomic E-state index is 0.0267. The van der Waals surface area contributed by atoms with Crippen molar-refractivity contribution in [1.82, 2.24) is 9.88 Å². The molecule has 2 rings (SSSR count). The molecule has 4 nitrogen and oxygen atoms in total. The molecule has 21 heavy (non-hydrogen) atoms. The highest BCUT2D eigenvalue weighted by Crippen LogP contribution is 2.30. The van der Waals surface area contributed by atoms with Crippen LogP contribution in [-0.4, -0.2) is 34.4 Å². The van der Waals surface area contributed by atoms with Gasteiger partial charge in [0.15, 0.2) is 0 Å². The minimum Gasteiger partial charge on any atom is -0.370 e. The van der Waals surface area contributed by atoms with Gasteiger partial charge in [0.2, 0.25) is 0 Å². The Kier molecular flexibility index (Phi) is 5.45. The average molecular weight is 310 g/mol. The van der Waals surface area contributed by atoms with E-state index in [1.807, 2.05) is 4.90 Å². The van der Waals surface area contributed by atoms with Gasteiger partial charge in [-0.2, -0.15) is 0 Å². The Hall–Kier alpha value is -1.29. The highest BCUT2D eigenvalue weighted by molar-refractivity contribution is 6.33. The van der Waals surface area contributed by atoms with Gasteiger partial charge in [0.05, 0.1) is 10.6 Å². The third-order valence-corrected chi connectivity index (χ3v) is 4.43. The number of carbonyl (C=O) groups is 1. The molecule has 0 saturated carbocycles. The average Bonchev–Trinajstić information content (AvgIpc) is 2.86. The van der Waals surface area contributed by atoms with E-state index < -0.39 is 0 Å². The molecule has 5 heteroatoms. The summed E-state index contributed by atoms with van der Waals surface area (Å²) in [6.45, 7) is 7.16. The van der Waals surface area contributed by atoms with Gasteiger partial charge in [0.1, 0.15) is 5.82 Å². The Labute approximate surface area is 131 Å². The van der Waals surface area contributed by atoms with Gasteiger partial charge >= 0.3 is 0 Å². The van der Waals surface area contributed by atoms with Gasteiger partial charge in [-0.3, -0.25) is 4.79 Å². The van der Waals surface area contributed by atoms with Gasteiger partial charge < -0.3 is 10.2 Å². The first kappa shape index (κ1) is 16.1. The van der Waals surface area contributed by atoms with Gasteiger partial charge in [0, 0.05) is 24.8 Å². The lowest BCUT2D eigenvalue weighted by Gasteiger charge is -2.28. The van der Waals surface area contributed by atoms with E-state index in [1.165, 1.54) is 0 Å². The number of likely N-dealkylation sites (tertiary alicyclic amines) is 1. The lowest BCUT2D eigenvalue weighted by atomic mass is 10.1. The zero-order valence-corrected chi connectivity index (χ0v) is 13.8. The fourth-order valence-electron chi connectivity index (χ4n) is 2.93. The van der Waals surface area contributed by atoms with Gasteiger partial charge in [-0.1, -0.05) is 25.4 Å². The molecule has 0 radical (unpaired) electrons. The third kappa shape index (κ3) is 3.49. The number of hydrogen-bond donors (Lipinski definition) is 1. The molecule has 2 atom stereocenters. The van der Waals surface area contributed by atoms with Gasteiger partial charge in [-0.15, -0.1) is 0 Å².